The van der Waals surface area contributed by atoms with Gasteiger partial charge in [-0.25, -0.2) is 18.4 Å². The molecule has 1 aliphatic carbocycles. The molecule has 0 bridgehead atoms. The number of aromatic nitrogens is 5. The van der Waals surface area contributed by atoms with Gasteiger partial charge in [0.1, 0.15) is 23.4 Å². The Labute approximate surface area is 216 Å². The van der Waals surface area contributed by atoms with Crippen LogP contribution in [0.3, 0.4) is 0 Å². The summed E-state index contributed by atoms with van der Waals surface area (Å²) < 4.78 is 40.3. The maximum absolute atomic E-state index is 13.7. The highest BCUT2D eigenvalue weighted by atomic mass is 35.5. The Hall–Kier alpha value is -2.60. The molecule has 0 unspecified atom stereocenters. The van der Waals surface area contributed by atoms with Gasteiger partial charge in [-0.15, -0.1) is 10.2 Å². The van der Waals surface area contributed by atoms with Crippen LogP contribution in [0.4, 0.5) is 0 Å². The number of nitrogens with two attached hydrogens (primary N) is 1. The van der Waals surface area contributed by atoms with E-state index in [-0.39, 0.29) is 23.4 Å². The molecule has 10 nitrogen and oxygen atoms in total. The molecule has 0 radical (unpaired) electrons. The van der Waals surface area contributed by atoms with Crippen molar-refractivity contribution >= 4 is 21.4 Å². The Morgan fingerprint density at radius 1 is 1.19 bits per heavy atom. The largest absolute Gasteiger partial charge is 0.495 e. The Morgan fingerprint density at radius 3 is 2.50 bits per heavy atom. The van der Waals surface area contributed by atoms with E-state index < -0.39 is 21.2 Å². The molecule has 1 saturated carbocycles. The van der Waals surface area contributed by atoms with E-state index in [9.17, 15) is 8.42 Å². The number of sulfone groups is 1. The van der Waals surface area contributed by atoms with E-state index in [4.69, 9.17) is 26.8 Å². The van der Waals surface area contributed by atoms with Gasteiger partial charge in [0.15, 0.2) is 21.5 Å². The summed E-state index contributed by atoms with van der Waals surface area (Å²) in [6, 6.07) is 5.68. The molecule has 12 heteroatoms. The normalized spacial score (nSPS) is 19.5. The topological polar surface area (TPSA) is 135 Å². The van der Waals surface area contributed by atoms with Crippen LogP contribution in [0.5, 0.6) is 5.75 Å². The van der Waals surface area contributed by atoms with Gasteiger partial charge in [0, 0.05) is 25.4 Å². The van der Waals surface area contributed by atoms with E-state index >= 15 is 0 Å². The molecule has 194 valence electrons. The van der Waals surface area contributed by atoms with E-state index in [1.807, 2.05) is 29.7 Å². The summed E-state index contributed by atoms with van der Waals surface area (Å²) in [5.41, 5.74) is 7.62. The minimum absolute atomic E-state index is 0.0925. The van der Waals surface area contributed by atoms with Crippen LogP contribution >= 0.6 is 11.6 Å². The van der Waals surface area contributed by atoms with E-state index in [0.717, 1.165) is 24.1 Å². The summed E-state index contributed by atoms with van der Waals surface area (Å²) >= 11 is 5.89. The Morgan fingerprint density at radius 2 is 1.92 bits per heavy atom. The van der Waals surface area contributed by atoms with Crippen molar-refractivity contribution in [2.24, 2.45) is 11.7 Å². The highest BCUT2D eigenvalue weighted by Crippen LogP contribution is 2.43. The zero-order valence-corrected chi connectivity index (χ0v) is 22.3. The fourth-order valence-corrected chi connectivity index (χ4v) is 6.17. The fraction of sp³-hybridized carbons (Fsp3) is 0.500. The molecular weight excluding hydrogens is 504 g/mol. The third-order valence-corrected chi connectivity index (χ3v) is 9.16. The van der Waals surface area contributed by atoms with E-state index in [1.165, 1.54) is 19.5 Å². The van der Waals surface area contributed by atoms with Crippen LogP contribution in [0.15, 0.2) is 30.6 Å². The van der Waals surface area contributed by atoms with Gasteiger partial charge in [-0.1, -0.05) is 23.7 Å². The van der Waals surface area contributed by atoms with Crippen molar-refractivity contribution in [1.29, 1.82) is 0 Å². The number of hydrogen-bond donors (Lipinski definition) is 1. The average Bonchev–Trinajstić information content (AvgIpc) is 3.21. The first-order chi connectivity index (χ1) is 17.2. The fourth-order valence-electron chi connectivity index (χ4n) is 4.66. The molecule has 0 saturated heterocycles. The molecule has 0 spiro atoms. The number of methoxy groups -OCH3 is 2. The maximum atomic E-state index is 13.7. The second-order valence-corrected chi connectivity index (χ2v) is 11.8. The lowest BCUT2D eigenvalue weighted by atomic mass is 9.73. The summed E-state index contributed by atoms with van der Waals surface area (Å²) in [5.74, 6) is 1.86. The molecule has 0 amide bonds. The van der Waals surface area contributed by atoms with Gasteiger partial charge in [0.2, 0.25) is 0 Å². The van der Waals surface area contributed by atoms with Crippen LogP contribution in [-0.4, -0.2) is 59.2 Å². The predicted molar refractivity (Wildman–Crippen MR) is 136 cm³/mol. The smallest absolute Gasteiger partial charge is 0.163 e. The molecule has 1 fully saturated rings. The summed E-state index contributed by atoms with van der Waals surface area (Å²) in [4.78, 5) is 8.32. The van der Waals surface area contributed by atoms with Crippen molar-refractivity contribution in [3.63, 3.8) is 0 Å². The molecule has 4 atom stereocenters. The molecule has 3 aromatic rings. The quantitative estimate of drug-likeness (QED) is 0.416. The number of ether oxygens (including phenoxy) is 2. The zero-order valence-electron chi connectivity index (χ0n) is 20.8. The molecule has 1 aliphatic rings. The van der Waals surface area contributed by atoms with Gasteiger partial charge in [0.25, 0.3) is 0 Å². The lowest BCUT2D eigenvalue weighted by Gasteiger charge is -2.35. The van der Waals surface area contributed by atoms with Gasteiger partial charge in [-0.05, 0) is 50.8 Å². The second kappa shape index (κ2) is 10.8. The molecule has 1 aromatic carbocycles. The molecule has 36 heavy (non-hydrogen) atoms. The van der Waals surface area contributed by atoms with Gasteiger partial charge < -0.3 is 15.2 Å². The van der Waals surface area contributed by atoms with E-state index in [0.29, 0.717) is 29.0 Å². The van der Waals surface area contributed by atoms with Crippen LogP contribution in [0.2, 0.25) is 5.02 Å². The summed E-state index contributed by atoms with van der Waals surface area (Å²) in [6.07, 6.45) is 3.85. The summed E-state index contributed by atoms with van der Waals surface area (Å²) in [7, 11) is -0.780. The van der Waals surface area contributed by atoms with Crippen LogP contribution in [0.25, 0.3) is 5.69 Å². The highest BCUT2D eigenvalue weighted by molar-refractivity contribution is 7.91. The van der Waals surface area contributed by atoms with Crippen LogP contribution < -0.4 is 10.5 Å². The van der Waals surface area contributed by atoms with Crippen LogP contribution in [-0.2, 0) is 20.3 Å². The van der Waals surface area contributed by atoms with Crippen molar-refractivity contribution in [2.45, 2.75) is 49.7 Å². The molecular formula is C24H31ClN6O4S. The number of aryl methyl sites for hydroxylation is 1. The molecule has 2 heterocycles. The van der Waals surface area contributed by atoms with Crippen LogP contribution in [0.1, 0.15) is 54.8 Å². The van der Waals surface area contributed by atoms with Crippen molar-refractivity contribution in [2.75, 3.05) is 20.8 Å². The van der Waals surface area contributed by atoms with Gasteiger partial charge >= 0.3 is 0 Å². The standard InChI is InChI=1S/C24H31ClN6O4S/c1-14-6-5-7-19(34-3)21(14)31-20(29-30-24(31)18-9-8-16(18)10-26)13-36(32,33)15(2)22(35-4)23-27-11-17(25)12-28-23/h5-7,11-12,15-16,18,22H,8-10,13,26H2,1-4H3/t15-,16-,18-,22-/m0/s1. The number of nitrogens with zero attached hydrogens (tertiary/aromatic N) is 5. The Bertz CT molecular complexity index is 1310. The van der Waals surface area contributed by atoms with E-state index in [1.54, 1.807) is 14.0 Å². The zero-order chi connectivity index (χ0) is 26.0. The first kappa shape index (κ1) is 26.5. The van der Waals surface area contributed by atoms with Gasteiger partial charge in [0.05, 0.1) is 23.1 Å². The monoisotopic (exact) mass is 534 g/mol. The van der Waals surface area contributed by atoms with Crippen molar-refractivity contribution in [3.05, 3.63) is 58.7 Å². The molecule has 2 aromatic heterocycles. The average molecular weight is 535 g/mol. The Kier molecular flexibility index (Phi) is 7.93. The van der Waals surface area contributed by atoms with Crippen molar-refractivity contribution < 1.29 is 17.9 Å². The number of benzene rings is 1. The first-order valence-electron chi connectivity index (χ1n) is 11.7. The highest BCUT2D eigenvalue weighted by Gasteiger charge is 2.39. The van der Waals surface area contributed by atoms with Crippen LogP contribution in [0, 0.1) is 12.8 Å². The number of hydrogen-bond acceptors (Lipinski definition) is 9. The summed E-state index contributed by atoms with van der Waals surface area (Å²) in [5, 5.41) is 8.23. The number of rotatable bonds is 10. The van der Waals surface area contributed by atoms with Crippen molar-refractivity contribution in [3.8, 4) is 11.4 Å². The number of halogens is 1. The van der Waals surface area contributed by atoms with Crippen molar-refractivity contribution in [1.82, 2.24) is 24.7 Å². The van der Waals surface area contributed by atoms with Gasteiger partial charge in [-0.2, -0.15) is 0 Å². The van der Waals surface area contributed by atoms with E-state index in [2.05, 4.69) is 20.2 Å². The second-order valence-electron chi connectivity index (χ2n) is 9.04. The molecule has 0 aliphatic heterocycles. The third kappa shape index (κ3) is 4.97. The lowest BCUT2D eigenvalue weighted by Crippen LogP contribution is -2.33. The third-order valence-electron chi connectivity index (χ3n) is 6.92. The Balaban J connectivity index is 1.76. The molecule has 4 rings (SSSR count). The first-order valence-corrected chi connectivity index (χ1v) is 13.8. The summed E-state index contributed by atoms with van der Waals surface area (Å²) in [6.45, 7) is 4.06. The number of para-hydroxylation sites is 1. The maximum Gasteiger partial charge on any atom is 0.163 e. The predicted octanol–water partition coefficient (Wildman–Crippen LogP) is 3.17. The SMILES string of the molecule is COc1cccc(C)c1-n1c(CS(=O)(=O)[C@@H](C)[C@H](OC)c2ncc(Cl)cn2)nnc1[C@H]1CC[C@H]1CN. The molecule has 2 N–H and O–H groups in total. The minimum atomic E-state index is -3.79. The minimum Gasteiger partial charge on any atom is -0.495 e. The lowest BCUT2D eigenvalue weighted by molar-refractivity contribution is 0.0948. The van der Waals surface area contributed by atoms with Gasteiger partial charge in [-0.3, -0.25) is 4.57 Å².